The van der Waals surface area contributed by atoms with E-state index in [0.717, 1.165) is 19.0 Å². The summed E-state index contributed by atoms with van der Waals surface area (Å²) < 4.78 is 1.22. The summed E-state index contributed by atoms with van der Waals surface area (Å²) in [6, 6.07) is 3.56. The zero-order valence-corrected chi connectivity index (χ0v) is 15.4. The number of hydrogen-bond acceptors (Lipinski definition) is 3. The van der Waals surface area contributed by atoms with Gasteiger partial charge in [0.25, 0.3) is 0 Å². The number of hydrogen-bond donors (Lipinski definition) is 1. The molecule has 0 aliphatic carbocycles. The molecular formula is C16H27BrN2S. The lowest BCUT2D eigenvalue weighted by atomic mass is 9.95. The van der Waals surface area contributed by atoms with E-state index < -0.39 is 0 Å². The van der Waals surface area contributed by atoms with Crippen LogP contribution in [-0.4, -0.2) is 30.1 Å². The molecule has 1 aromatic rings. The van der Waals surface area contributed by atoms with E-state index in [4.69, 9.17) is 0 Å². The average Bonchev–Trinajstić information content (AvgIpc) is 2.73. The monoisotopic (exact) mass is 358 g/mol. The Morgan fingerprint density at radius 1 is 1.40 bits per heavy atom. The molecule has 0 radical (unpaired) electrons. The highest BCUT2D eigenvalue weighted by Gasteiger charge is 2.30. The zero-order chi connectivity index (χ0) is 14.7. The molecule has 4 heteroatoms. The minimum atomic E-state index is 0.647. The van der Waals surface area contributed by atoms with Gasteiger partial charge >= 0.3 is 0 Å². The molecule has 114 valence electrons. The van der Waals surface area contributed by atoms with Crippen LogP contribution in [-0.2, 0) is 6.54 Å². The Morgan fingerprint density at radius 3 is 2.70 bits per heavy atom. The Kier molecular flexibility index (Phi) is 6.09. The summed E-state index contributed by atoms with van der Waals surface area (Å²) in [6.07, 6.45) is 1.27. The number of thiophene rings is 1. The average molecular weight is 359 g/mol. The van der Waals surface area contributed by atoms with Crippen molar-refractivity contribution in [3.63, 3.8) is 0 Å². The molecular weight excluding hydrogens is 332 g/mol. The Balaban J connectivity index is 2.02. The van der Waals surface area contributed by atoms with Crippen molar-refractivity contribution in [2.75, 3.05) is 13.1 Å². The second-order valence-corrected chi connectivity index (χ2v) is 8.62. The van der Waals surface area contributed by atoms with Gasteiger partial charge in [0, 0.05) is 46.4 Å². The van der Waals surface area contributed by atoms with Crippen LogP contribution in [0.5, 0.6) is 0 Å². The number of nitrogens with one attached hydrogen (secondary N) is 1. The molecule has 0 spiro atoms. The van der Waals surface area contributed by atoms with Gasteiger partial charge in [-0.2, -0.15) is 0 Å². The molecule has 2 rings (SSSR count). The second kappa shape index (κ2) is 7.39. The van der Waals surface area contributed by atoms with Crippen LogP contribution >= 0.6 is 27.3 Å². The van der Waals surface area contributed by atoms with Gasteiger partial charge in [0.05, 0.1) is 0 Å². The first-order valence-corrected chi connectivity index (χ1v) is 9.33. The fourth-order valence-electron chi connectivity index (χ4n) is 3.10. The van der Waals surface area contributed by atoms with Crippen LogP contribution in [0.1, 0.15) is 39.0 Å². The molecule has 20 heavy (non-hydrogen) atoms. The molecule has 1 fully saturated rings. The van der Waals surface area contributed by atoms with E-state index in [2.05, 4.69) is 65.3 Å². The van der Waals surface area contributed by atoms with E-state index >= 15 is 0 Å². The van der Waals surface area contributed by atoms with Crippen molar-refractivity contribution in [3.05, 3.63) is 20.8 Å². The lowest BCUT2D eigenvalue weighted by molar-refractivity contribution is 0.0861. The van der Waals surface area contributed by atoms with Crippen LogP contribution in [0.25, 0.3) is 0 Å². The molecule has 0 amide bonds. The van der Waals surface area contributed by atoms with Crippen molar-refractivity contribution in [1.29, 1.82) is 0 Å². The van der Waals surface area contributed by atoms with E-state index in [0.29, 0.717) is 18.0 Å². The van der Waals surface area contributed by atoms with Crippen molar-refractivity contribution in [1.82, 2.24) is 10.2 Å². The van der Waals surface area contributed by atoms with Crippen LogP contribution in [0.15, 0.2) is 15.9 Å². The van der Waals surface area contributed by atoms with E-state index in [1.54, 1.807) is 0 Å². The third-order valence-electron chi connectivity index (χ3n) is 4.05. The minimum absolute atomic E-state index is 0.647. The predicted molar refractivity (Wildman–Crippen MR) is 92.3 cm³/mol. The van der Waals surface area contributed by atoms with Gasteiger partial charge in [0.2, 0.25) is 0 Å². The van der Waals surface area contributed by atoms with Crippen molar-refractivity contribution >= 4 is 27.3 Å². The number of piperazine rings is 1. The zero-order valence-electron chi connectivity index (χ0n) is 13.0. The number of halogens is 1. The Morgan fingerprint density at radius 2 is 2.15 bits per heavy atom. The van der Waals surface area contributed by atoms with Crippen LogP contribution in [0.3, 0.4) is 0 Å². The number of rotatable bonds is 5. The predicted octanol–water partition coefficient (Wildman–Crippen LogP) is 4.36. The molecule has 1 aliphatic rings. The first-order chi connectivity index (χ1) is 9.45. The summed E-state index contributed by atoms with van der Waals surface area (Å²) in [4.78, 5) is 4.15. The smallest absolute Gasteiger partial charge is 0.0332 e. The fraction of sp³-hybridized carbons (Fsp3) is 0.750. The van der Waals surface area contributed by atoms with E-state index in [1.807, 2.05) is 11.3 Å². The van der Waals surface area contributed by atoms with Crippen LogP contribution < -0.4 is 5.32 Å². The second-order valence-electron chi connectivity index (χ2n) is 6.71. The lowest BCUT2D eigenvalue weighted by Crippen LogP contribution is -2.57. The van der Waals surface area contributed by atoms with Gasteiger partial charge in [-0.1, -0.05) is 27.7 Å². The molecule has 2 atom stereocenters. The molecule has 2 unspecified atom stereocenters. The first kappa shape index (κ1) is 16.5. The molecule has 0 bridgehead atoms. The van der Waals surface area contributed by atoms with Crippen LogP contribution in [0.2, 0.25) is 0 Å². The molecule has 1 aliphatic heterocycles. The first-order valence-electron chi connectivity index (χ1n) is 7.66. The third kappa shape index (κ3) is 4.55. The van der Waals surface area contributed by atoms with Gasteiger partial charge in [-0.05, 0) is 40.3 Å². The van der Waals surface area contributed by atoms with Gasteiger partial charge in [-0.3, -0.25) is 4.90 Å². The van der Waals surface area contributed by atoms with E-state index in [-0.39, 0.29) is 0 Å². The standard InChI is InChI=1S/C16H27BrN2S/c1-11(2)5-14-8-19(16(7-18-14)12(3)4)9-15-6-13(17)10-20-15/h6,10-12,14,16,18H,5,7-9H2,1-4H3. The largest absolute Gasteiger partial charge is 0.311 e. The van der Waals surface area contributed by atoms with Crippen molar-refractivity contribution in [3.8, 4) is 0 Å². The Labute approximate surface area is 136 Å². The quantitative estimate of drug-likeness (QED) is 0.841. The van der Waals surface area contributed by atoms with E-state index in [9.17, 15) is 0 Å². The summed E-state index contributed by atoms with van der Waals surface area (Å²) in [5, 5.41) is 5.94. The normalized spacial score (nSPS) is 24.8. The number of nitrogens with zero attached hydrogens (tertiary/aromatic N) is 1. The molecule has 1 N–H and O–H groups in total. The van der Waals surface area contributed by atoms with Gasteiger partial charge in [-0.15, -0.1) is 11.3 Å². The van der Waals surface area contributed by atoms with Gasteiger partial charge in [-0.25, -0.2) is 0 Å². The molecule has 1 aromatic heterocycles. The fourth-order valence-corrected chi connectivity index (χ4v) is 4.58. The summed E-state index contributed by atoms with van der Waals surface area (Å²) in [6.45, 7) is 12.7. The molecule has 1 saturated heterocycles. The molecule has 0 saturated carbocycles. The highest BCUT2D eigenvalue weighted by Crippen LogP contribution is 2.25. The maximum atomic E-state index is 3.76. The van der Waals surface area contributed by atoms with Crippen LogP contribution in [0.4, 0.5) is 0 Å². The topological polar surface area (TPSA) is 15.3 Å². The van der Waals surface area contributed by atoms with Crippen molar-refractivity contribution in [2.45, 2.75) is 52.7 Å². The van der Waals surface area contributed by atoms with Gasteiger partial charge in [0.1, 0.15) is 0 Å². The minimum Gasteiger partial charge on any atom is -0.311 e. The highest BCUT2D eigenvalue weighted by molar-refractivity contribution is 9.10. The maximum absolute atomic E-state index is 3.76. The summed E-state index contributed by atoms with van der Waals surface area (Å²) in [5.74, 6) is 1.46. The highest BCUT2D eigenvalue weighted by atomic mass is 79.9. The SMILES string of the molecule is CC(C)CC1CN(Cc2cc(Br)cs2)C(C(C)C)CN1. The maximum Gasteiger partial charge on any atom is 0.0332 e. The van der Waals surface area contributed by atoms with Crippen molar-refractivity contribution < 1.29 is 0 Å². The molecule has 2 heterocycles. The summed E-state index contributed by atoms with van der Waals surface area (Å²) in [5.41, 5.74) is 0. The lowest BCUT2D eigenvalue weighted by Gasteiger charge is -2.42. The van der Waals surface area contributed by atoms with Crippen LogP contribution in [0, 0.1) is 11.8 Å². The third-order valence-corrected chi connectivity index (χ3v) is 5.73. The summed E-state index contributed by atoms with van der Waals surface area (Å²) >= 11 is 5.43. The Bertz CT molecular complexity index is 416. The molecule has 0 aromatic carbocycles. The van der Waals surface area contributed by atoms with Gasteiger partial charge < -0.3 is 5.32 Å². The Hall–Kier alpha value is 0.1000. The summed E-state index contributed by atoms with van der Waals surface area (Å²) in [7, 11) is 0. The van der Waals surface area contributed by atoms with Gasteiger partial charge in [0.15, 0.2) is 0 Å². The van der Waals surface area contributed by atoms with Crippen molar-refractivity contribution in [2.24, 2.45) is 11.8 Å². The molecule has 2 nitrogen and oxygen atoms in total. The van der Waals surface area contributed by atoms with E-state index in [1.165, 1.54) is 22.3 Å².